The Balaban J connectivity index is 2.45. The van der Waals surface area contributed by atoms with E-state index in [1.807, 2.05) is 24.3 Å². The molecule has 0 aliphatic carbocycles. The summed E-state index contributed by atoms with van der Waals surface area (Å²) >= 11 is 7.70. The number of alkyl halides is 1. The van der Waals surface area contributed by atoms with Crippen LogP contribution in [0, 0.1) is 3.57 Å². The highest BCUT2D eigenvalue weighted by atomic mass is 127. The maximum absolute atomic E-state index is 9.19. The maximum atomic E-state index is 9.19. The fourth-order valence-electron chi connectivity index (χ4n) is 0.889. The molecule has 0 aliphatic rings. The molecule has 1 aromatic carbocycles. The molecular weight excluding hydrogens is 300 g/mol. The molecule has 2 N–H and O–H groups in total. The third-order valence-electron chi connectivity index (χ3n) is 1.54. The van der Waals surface area contributed by atoms with Crippen LogP contribution in [0.2, 0.25) is 0 Å². The number of halogens is 2. The minimum absolute atomic E-state index is 0.261. The van der Waals surface area contributed by atoms with E-state index in [4.69, 9.17) is 11.6 Å². The van der Waals surface area contributed by atoms with Crippen molar-refractivity contribution in [2.24, 2.45) is 0 Å². The highest BCUT2D eigenvalue weighted by Gasteiger charge is 2.00. The molecule has 4 heteroatoms. The van der Waals surface area contributed by atoms with Gasteiger partial charge in [0.2, 0.25) is 0 Å². The second-order valence-corrected chi connectivity index (χ2v) is 4.25. The van der Waals surface area contributed by atoms with Gasteiger partial charge in [0, 0.05) is 15.8 Å². The zero-order valence-electron chi connectivity index (χ0n) is 7.00. The van der Waals surface area contributed by atoms with Crippen molar-refractivity contribution in [2.45, 2.75) is 6.10 Å². The van der Waals surface area contributed by atoms with Crippen LogP contribution in [0.15, 0.2) is 24.3 Å². The standard InChI is InChI=1S/C9H11ClINO/c10-5-9(13)6-12-8-3-1-2-7(11)4-8/h1-4,9,12-13H,5-6H2. The molecular formula is C9H11ClINO. The molecule has 0 spiro atoms. The van der Waals surface area contributed by atoms with Gasteiger partial charge < -0.3 is 10.4 Å². The van der Waals surface area contributed by atoms with E-state index in [9.17, 15) is 5.11 Å². The Bertz CT molecular complexity index is 270. The van der Waals surface area contributed by atoms with Crippen LogP contribution < -0.4 is 5.32 Å². The number of rotatable bonds is 4. The van der Waals surface area contributed by atoms with Crippen molar-refractivity contribution < 1.29 is 5.11 Å². The molecule has 0 saturated heterocycles. The Hall–Kier alpha value is -0.000000000000000111. The van der Waals surface area contributed by atoms with E-state index < -0.39 is 6.10 Å². The molecule has 0 fully saturated rings. The van der Waals surface area contributed by atoms with E-state index >= 15 is 0 Å². The monoisotopic (exact) mass is 311 g/mol. The first-order chi connectivity index (χ1) is 6.22. The summed E-state index contributed by atoms with van der Waals surface area (Å²) in [6.07, 6.45) is -0.487. The van der Waals surface area contributed by atoms with Crippen LogP contribution in [0.5, 0.6) is 0 Å². The first kappa shape index (κ1) is 11.1. The number of anilines is 1. The molecule has 1 rings (SSSR count). The number of aliphatic hydroxyl groups excluding tert-OH is 1. The van der Waals surface area contributed by atoms with Gasteiger partial charge in [-0.3, -0.25) is 0 Å². The van der Waals surface area contributed by atoms with Gasteiger partial charge >= 0.3 is 0 Å². The second kappa shape index (κ2) is 5.67. The SMILES string of the molecule is OC(CCl)CNc1cccc(I)c1. The van der Waals surface area contributed by atoms with Gasteiger partial charge in [0.05, 0.1) is 12.0 Å². The first-order valence-electron chi connectivity index (χ1n) is 3.96. The van der Waals surface area contributed by atoms with E-state index in [0.29, 0.717) is 6.54 Å². The summed E-state index contributed by atoms with van der Waals surface area (Å²) in [5.74, 6) is 0.261. The minimum atomic E-state index is -0.487. The molecule has 13 heavy (non-hydrogen) atoms. The van der Waals surface area contributed by atoms with Crippen LogP contribution in [-0.2, 0) is 0 Å². The van der Waals surface area contributed by atoms with Crippen LogP contribution in [0.4, 0.5) is 5.69 Å². The predicted molar refractivity (Wildman–Crippen MR) is 64.4 cm³/mol. The van der Waals surface area contributed by atoms with Gasteiger partial charge in [0.1, 0.15) is 0 Å². The Morgan fingerprint density at radius 2 is 2.31 bits per heavy atom. The lowest BCUT2D eigenvalue weighted by molar-refractivity contribution is 0.211. The van der Waals surface area contributed by atoms with Gasteiger partial charge in [0.15, 0.2) is 0 Å². The van der Waals surface area contributed by atoms with Crippen molar-refractivity contribution in [1.29, 1.82) is 0 Å². The van der Waals surface area contributed by atoms with Gasteiger partial charge in [-0.25, -0.2) is 0 Å². The van der Waals surface area contributed by atoms with E-state index in [0.717, 1.165) is 5.69 Å². The zero-order valence-corrected chi connectivity index (χ0v) is 9.92. The fourth-order valence-corrected chi connectivity index (χ4v) is 1.54. The summed E-state index contributed by atoms with van der Waals surface area (Å²) in [6, 6.07) is 7.96. The Labute approximate surface area is 96.4 Å². The average molecular weight is 312 g/mol. The van der Waals surface area contributed by atoms with E-state index in [-0.39, 0.29) is 5.88 Å². The van der Waals surface area contributed by atoms with Crippen LogP contribution >= 0.6 is 34.2 Å². The topological polar surface area (TPSA) is 32.3 Å². The van der Waals surface area contributed by atoms with Gasteiger partial charge in [-0.15, -0.1) is 11.6 Å². The molecule has 0 aromatic heterocycles. The predicted octanol–water partition coefficient (Wildman–Crippen LogP) is 2.30. The third kappa shape index (κ3) is 4.15. The Kier molecular flexibility index (Phi) is 4.83. The fraction of sp³-hybridized carbons (Fsp3) is 0.333. The summed E-state index contributed by atoms with van der Waals surface area (Å²) < 4.78 is 1.17. The van der Waals surface area contributed by atoms with Crippen molar-refractivity contribution in [1.82, 2.24) is 0 Å². The van der Waals surface area contributed by atoms with Crippen molar-refractivity contribution >= 4 is 39.9 Å². The highest BCUT2D eigenvalue weighted by molar-refractivity contribution is 14.1. The molecule has 1 unspecified atom stereocenters. The van der Waals surface area contributed by atoms with Crippen molar-refractivity contribution in [2.75, 3.05) is 17.7 Å². The molecule has 1 aromatic rings. The van der Waals surface area contributed by atoms with Crippen LogP contribution in [0.3, 0.4) is 0 Å². The zero-order chi connectivity index (χ0) is 9.68. The largest absolute Gasteiger partial charge is 0.390 e. The van der Waals surface area contributed by atoms with Crippen LogP contribution in [0.25, 0.3) is 0 Å². The number of hydrogen-bond acceptors (Lipinski definition) is 2. The van der Waals surface area contributed by atoms with Crippen molar-refractivity contribution in [3.63, 3.8) is 0 Å². The molecule has 0 radical (unpaired) electrons. The summed E-state index contributed by atoms with van der Waals surface area (Å²) in [7, 11) is 0. The molecule has 72 valence electrons. The normalized spacial score (nSPS) is 12.5. The van der Waals surface area contributed by atoms with E-state index in [2.05, 4.69) is 27.9 Å². The highest BCUT2D eigenvalue weighted by Crippen LogP contribution is 2.12. The summed E-state index contributed by atoms with van der Waals surface area (Å²) in [5.41, 5.74) is 1.01. The average Bonchev–Trinajstić information content (AvgIpc) is 2.14. The van der Waals surface area contributed by atoms with Crippen LogP contribution in [0.1, 0.15) is 0 Å². The van der Waals surface area contributed by atoms with Crippen molar-refractivity contribution in [3.05, 3.63) is 27.8 Å². The molecule has 2 nitrogen and oxygen atoms in total. The van der Waals surface area contributed by atoms with Crippen LogP contribution in [-0.4, -0.2) is 23.6 Å². The first-order valence-corrected chi connectivity index (χ1v) is 5.57. The number of aliphatic hydroxyl groups is 1. The lowest BCUT2D eigenvalue weighted by Gasteiger charge is -2.09. The van der Waals surface area contributed by atoms with Gasteiger partial charge in [-0.2, -0.15) is 0 Å². The minimum Gasteiger partial charge on any atom is -0.390 e. The lowest BCUT2D eigenvalue weighted by Crippen LogP contribution is -2.20. The van der Waals surface area contributed by atoms with Gasteiger partial charge in [0.25, 0.3) is 0 Å². The summed E-state index contributed by atoms with van der Waals surface area (Å²) in [4.78, 5) is 0. The quantitative estimate of drug-likeness (QED) is 0.660. The Morgan fingerprint density at radius 1 is 1.54 bits per heavy atom. The van der Waals surface area contributed by atoms with E-state index in [1.54, 1.807) is 0 Å². The Morgan fingerprint density at radius 3 is 2.92 bits per heavy atom. The molecule has 1 atom stereocenters. The summed E-state index contributed by atoms with van der Waals surface area (Å²) in [6.45, 7) is 0.490. The number of nitrogens with one attached hydrogen (secondary N) is 1. The number of hydrogen-bond donors (Lipinski definition) is 2. The maximum Gasteiger partial charge on any atom is 0.0847 e. The molecule has 0 heterocycles. The number of benzene rings is 1. The van der Waals surface area contributed by atoms with E-state index in [1.165, 1.54) is 3.57 Å². The third-order valence-corrected chi connectivity index (χ3v) is 2.57. The lowest BCUT2D eigenvalue weighted by atomic mass is 10.3. The van der Waals surface area contributed by atoms with Gasteiger partial charge in [-0.05, 0) is 40.8 Å². The molecule has 0 amide bonds. The molecule has 0 saturated carbocycles. The van der Waals surface area contributed by atoms with Gasteiger partial charge in [-0.1, -0.05) is 6.07 Å². The smallest absolute Gasteiger partial charge is 0.0847 e. The summed E-state index contributed by atoms with van der Waals surface area (Å²) in [5, 5.41) is 12.3. The molecule has 0 aliphatic heterocycles. The van der Waals surface area contributed by atoms with Crippen molar-refractivity contribution in [3.8, 4) is 0 Å². The second-order valence-electron chi connectivity index (χ2n) is 2.70. The molecule has 0 bridgehead atoms.